The molecule has 6 nitrogen and oxygen atoms in total. The highest BCUT2D eigenvalue weighted by atomic mass is 32.2. The van der Waals surface area contributed by atoms with Crippen LogP contribution in [0.4, 0.5) is 0 Å². The SMILES string of the molecule is N#Cc1cccc(CN2CC[C@H](NS(=O)(=O)c3cccc(-c4ccccc4)c3)C2=O)c1. The topological polar surface area (TPSA) is 90.3 Å². The van der Waals surface area contributed by atoms with Crippen LogP contribution in [0, 0.1) is 11.3 Å². The Bertz CT molecular complexity index is 1250. The Kier molecular flexibility index (Phi) is 5.85. The van der Waals surface area contributed by atoms with Crippen LogP contribution >= 0.6 is 0 Å². The van der Waals surface area contributed by atoms with Gasteiger partial charge >= 0.3 is 0 Å². The van der Waals surface area contributed by atoms with Gasteiger partial charge in [-0.1, -0.05) is 54.6 Å². The summed E-state index contributed by atoms with van der Waals surface area (Å²) in [4.78, 5) is 14.5. The van der Waals surface area contributed by atoms with Crippen molar-refractivity contribution in [1.29, 1.82) is 5.26 Å². The number of carbonyl (C=O) groups excluding carboxylic acids is 1. The molecule has 0 aromatic heterocycles. The van der Waals surface area contributed by atoms with E-state index in [4.69, 9.17) is 5.26 Å². The van der Waals surface area contributed by atoms with Gasteiger partial charge in [0.15, 0.2) is 0 Å². The lowest BCUT2D eigenvalue weighted by Gasteiger charge is -2.17. The van der Waals surface area contributed by atoms with Crippen molar-refractivity contribution in [1.82, 2.24) is 9.62 Å². The fourth-order valence-electron chi connectivity index (χ4n) is 3.69. The molecule has 1 saturated heterocycles. The third-order valence-corrected chi connectivity index (χ3v) is 6.75. The lowest BCUT2D eigenvalue weighted by Crippen LogP contribution is -2.41. The van der Waals surface area contributed by atoms with E-state index in [-0.39, 0.29) is 10.8 Å². The Labute approximate surface area is 181 Å². The molecule has 0 bridgehead atoms. The van der Waals surface area contributed by atoms with Crippen molar-refractivity contribution in [3.8, 4) is 17.2 Å². The van der Waals surface area contributed by atoms with Crippen LogP contribution in [0.25, 0.3) is 11.1 Å². The van der Waals surface area contributed by atoms with Crippen molar-refractivity contribution in [3.63, 3.8) is 0 Å². The van der Waals surface area contributed by atoms with E-state index in [2.05, 4.69) is 10.8 Å². The maximum Gasteiger partial charge on any atom is 0.241 e. The summed E-state index contributed by atoms with van der Waals surface area (Å²) in [6, 6.07) is 24.6. The maximum atomic E-state index is 12.9. The number of nitriles is 1. The van der Waals surface area contributed by atoms with E-state index in [9.17, 15) is 13.2 Å². The molecule has 1 fully saturated rings. The van der Waals surface area contributed by atoms with Gasteiger partial charge in [0.2, 0.25) is 15.9 Å². The van der Waals surface area contributed by atoms with Crippen LogP contribution in [0.3, 0.4) is 0 Å². The van der Waals surface area contributed by atoms with E-state index in [1.807, 2.05) is 42.5 Å². The molecule has 1 heterocycles. The van der Waals surface area contributed by atoms with Gasteiger partial charge in [0.1, 0.15) is 6.04 Å². The quantitative estimate of drug-likeness (QED) is 0.648. The second-order valence-corrected chi connectivity index (χ2v) is 9.14. The van der Waals surface area contributed by atoms with E-state index in [1.165, 1.54) is 6.07 Å². The Morgan fingerprint density at radius 3 is 2.48 bits per heavy atom. The fraction of sp³-hybridized carbons (Fsp3) is 0.167. The summed E-state index contributed by atoms with van der Waals surface area (Å²) in [6.07, 6.45) is 0.397. The molecule has 156 valence electrons. The van der Waals surface area contributed by atoms with E-state index in [0.717, 1.165) is 16.7 Å². The monoisotopic (exact) mass is 431 g/mol. The number of rotatable bonds is 6. The predicted molar refractivity (Wildman–Crippen MR) is 117 cm³/mol. The summed E-state index contributed by atoms with van der Waals surface area (Å²) in [6.45, 7) is 0.795. The van der Waals surface area contributed by atoms with Gasteiger partial charge in [0, 0.05) is 13.1 Å². The number of nitrogens with one attached hydrogen (secondary N) is 1. The number of carbonyl (C=O) groups is 1. The molecular formula is C24H21N3O3S. The summed E-state index contributed by atoms with van der Waals surface area (Å²) < 4.78 is 28.5. The molecule has 7 heteroatoms. The molecule has 4 rings (SSSR count). The summed E-state index contributed by atoms with van der Waals surface area (Å²) in [5.41, 5.74) is 3.08. The molecule has 0 aliphatic carbocycles. The van der Waals surface area contributed by atoms with Crippen LogP contribution in [0.2, 0.25) is 0 Å². The molecule has 31 heavy (non-hydrogen) atoms. The predicted octanol–water partition coefficient (Wildman–Crippen LogP) is 3.30. The molecule has 1 aliphatic heterocycles. The average Bonchev–Trinajstić information content (AvgIpc) is 3.13. The molecule has 0 radical (unpaired) electrons. The average molecular weight is 432 g/mol. The number of benzene rings is 3. The largest absolute Gasteiger partial charge is 0.337 e. The van der Waals surface area contributed by atoms with Crippen molar-refractivity contribution in [2.45, 2.75) is 23.9 Å². The Balaban J connectivity index is 1.48. The molecule has 3 aromatic carbocycles. The van der Waals surface area contributed by atoms with Gasteiger partial charge in [-0.3, -0.25) is 4.79 Å². The Hall–Kier alpha value is -3.47. The second kappa shape index (κ2) is 8.72. The minimum absolute atomic E-state index is 0.127. The third kappa shape index (κ3) is 4.66. The number of hydrogen-bond donors (Lipinski definition) is 1. The van der Waals surface area contributed by atoms with Crippen molar-refractivity contribution >= 4 is 15.9 Å². The van der Waals surface area contributed by atoms with E-state index >= 15 is 0 Å². The summed E-state index contributed by atoms with van der Waals surface area (Å²) in [5, 5.41) is 9.04. The van der Waals surface area contributed by atoms with Crippen LogP contribution in [0.1, 0.15) is 17.5 Å². The zero-order valence-electron chi connectivity index (χ0n) is 16.7. The lowest BCUT2D eigenvalue weighted by molar-refractivity contribution is -0.129. The smallest absolute Gasteiger partial charge is 0.241 e. The summed E-state index contributed by atoms with van der Waals surface area (Å²) >= 11 is 0. The molecule has 0 saturated carbocycles. The van der Waals surface area contributed by atoms with Crippen molar-refractivity contribution < 1.29 is 13.2 Å². The van der Waals surface area contributed by atoms with Gasteiger partial charge in [-0.2, -0.15) is 9.98 Å². The lowest BCUT2D eigenvalue weighted by atomic mass is 10.1. The first-order valence-corrected chi connectivity index (χ1v) is 11.4. The molecule has 0 unspecified atom stereocenters. The van der Waals surface area contributed by atoms with Gasteiger partial charge in [-0.25, -0.2) is 8.42 Å². The van der Waals surface area contributed by atoms with Crippen LogP contribution in [0.5, 0.6) is 0 Å². The minimum Gasteiger partial charge on any atom is -0.337 e. The van der Waals surface area contributed by atoms with Gasteiger partial charge in [-0.05, 0) is 47.4 Å². The molecule has 1 atom stereocenters. The minimum atomic E-state index is -3.85. The number of amides is 1. The van der Waals surface area contributed by atoms with E-state index in [0.29, 0.717) is 25.1 Å². The first kappa shape index (κ1) is 20.8. The summed E-state index contributed by atoms with van der Waals surface area (Å²) in [7, 11) is -3.85. The van der Waals surface area contributed by atoms with E-state index < -0.39 is 16.1 Å². The van der Waals surface area contributed by atoms with Gasteiger partial charge in [0.05, 0.1) is 16.5 Å². The molecule has 1 N–H and O–H groups in total. The zero-order chi connectivity index (χ0) is 21.8. The van der Waals surface area contributed by atoms with Gasteiger partial charge in [0.25, 0.3) is 0 Å². The second-order valence-electron chi connectivity index (χ2n) is 7.43. The standard InChI is InChI=1S/C24H21N3O3S/c25-16-18-6-4-7-19(14-18)17-27-13-12-23(24(27)28)26-31(29,30)22-11-5-10-21(15-22)20-8-2-1-3-9-20/h1-11,14-15,23,26H,12-13,17H2/t23-/m0/s1. The van der Waals surface area contributed by atoms with Crippen LogP contribution in [-0.4, -0.2) is 31.8 Å². The number of nitrogens with zero attached hydrogens (tertiary/aromatic N) is 2. The van der Waals surface area contributed by atoms with Crippen LogP contribution in [0.15, 0.2) is 83.8 Å². The first-order valence-electron chi connectivity index (χ1n) is 9.92. The highest BCUT2D eigenvalue weighted by molar-refractivity contribution is 7.89. The van der Waals surface area contributed by atoms with Gasteiger partial charge < -0.3 is 4.90 Å². The molecule has 0 spiro atoms. The highest BCUT2D eigenvalue weighted by Crippen LogP contribution is 2.23. The van der Waals surface area contributed by atoms with Gasteiger partial charge in [-0.15, -0.1) is 0 Å². The molecule has 1 amide bonds. The number of sulfonamides is 1. The van der Waals surface area contributed by atoms with Crippen LogP contribution in [-0.2, 0) is 21.4 Å². The Morgan fingerprint density at radius 2 is 1.71 bits per heavy atom. The van der Waals surface area contributed by atoms with Crippen molar-refractivity contribution in [2.24, 2.45) is 0 Å². The zero-order valence-corrected chi connectivity index (χ0v) is 17.5. The Morgan fingerprint density at radius 1 is 0.968 bits per heavy atom. The maximum absolute atomic E-state index is 12.9. The fourth-order valence-corrected chi connectivity index (χ4v) is 4.96. The van der Waals surface area contributed by atoms with Crippen molar-refractivity contribution in [3.05, 3.63) is 90.0 Å². The summed E-state index contributed by atoms with van der Waals surface area (Å²) in [5.74, 6) is -0.259. The first-order chi connectivity index (χ1) is 15.0. The highest BCUT2D eigenvalue weighted by Gasteiger charge is 2.35. The van der Waals surface area contributed by atoms with Crippen LogP contribution < -0.4 is 4.72 Å². The third-order valence-electron chi connectivity index (χ3n) is 5.28. The number of hydrogen-bond acceptors (Lipinski definition) is 4. The van der Waals surface area contributed by atoms with E-state index in [1.54, 1.807) is 35.2 Å². The molecular weight excluding hydrogens is 410 g/mol. The molecule has 3 aromatic rings. The van der Waals surface area contributed by atoms with Crippen molar-refractivity contribution in [2.75, 3.05) is 6.54 Å². The normalized spacial score (nSPS) is 16.3. The molecule has 1 aliphatic rings. The number of likely N-dealkylation sites (tertiary alicyclic amines) is 1.